The molecule has 0 saturated carbocycles. The first kappa shape index (κ1) is 20.5. The zero-order valence-electron chi connectivity index (χ0n) is 16.6. The van der Waals surface area contributed by atoms with E-state index in [0.717, 1.165) is 0 Å². The fraction of sp³-hybridized carbons (Fsp3) is 0.190. The van der Waals surface area contributed by atoms with Crippen LogP contribution in [0.3, 0.4) is 0 Å². The topological polar surface area (TPSA) is 119 Å². The standard InChI is InChI=1S/C21H19N5O4S/c1-13(27)22-10-14-6-7-18(30-14)17-11-31-21(24-17)25-19(28)8-9-26-12-23-16-5-3-2-4-15(16)20(26)29/h2-7,11-12H,8-10H2,1H3,(H,22,27)(H,24,25,28). The van der Waals surface area contributed by atoms with Crippen molar-refractivity contribution in [2.45, 2.75) is 26.4 Å². The van der Waals surface area contributed by atoms with E-state index in [4.69, 9.17) is 4.42 Å². The van der Waals surface area contributed by atoms with E-state index in [-0.39, 0.29) is 30.3 Å². The maximum absolute atomic E-state index is 12.5. The smallest absolute Gasteiger partial charge is 0.261 e. The third-order valence-electron chi connectivity index (χ3n) is 4.49. The van der Waals surface area contributed by atoms with Crippen molar-refractivity contribution in [2.24, 2.45) is 0 Å². The highest BCUT2D eigenvalue weighted by Crippen LogP contribution is 2.26. The predicted molar refractivity (Wildman–Crippen MR) is 117 cm³/mol. The summed E-state index contributed by atoms with van der Waals surface area (Å²) in [4.78, 5) is 44.4. The van der Waals surface area contributed by atoms with E-state index < -0.39 is 0 Å². The second-order valence-electron chi connectivity index (χ2n) is 6.77. The molecule has 2 N–H and O–H groups in total. The lowest BCUT2D eigenvalue weighted by Gasteiger charge is -2.06. The monoisotopic (exact) mass is 437 g/mol. The number of fused-ring (bicyclic) bond motifs is 1. The molecule has 0 radical (unpaired) electrons. The van der Waals surface area contributed by atoms with E-state index >= 15 is 0 Å². The lowest BCUT2D eigenvalue weighted by molar-refractivity contribution is -0.119. The van der Waals surface area contributed by atoms with Crippen LogP contribution < -0.4 is 16.2 Å². The molecular formula is C21H19N5O4S. The van der Waals surface area contributed by atoms with Crippen molar-refractivity contribution in [3.63, 3.8) is 0 Å². The third-order valence-corrected chi connectivity index (χ3v) is 5.25. The van der Waals surface area contributed by atoms with E-state index in [9.17, 15) is 14.4 Å². The molecule has 2 amide bonds. The average molecular weight is 437 g/mol. The Morgan fingerprint density at radius 2 is 2.03 bits per heavy atom. The van der Waals surface area contributed by atoms with Crippen molar-refractivity contribution >= 4 is 39.2 Å². The Bertz CT molecular complexity index is 1310. The molecule has 1 aromatic carbocycles. The summed E-state index contributed by atoms with van der Waals surface area (Å²) in [6.07, 6.45) is 1.56. The highest BCUT2D eigenvalue weighted by Gasteiger charge is 2.12. The number of aromatic nitrogens is 3. The minimum atomic E-state index is -0.258. The Morgan fingerprint density at radius 1 is 1.19 bits per heavy atom. The van der Waals surface area contributed by atoms with Gasteiger partial charge in [0.15, 0.2) is 10.9 Å². The summed E-state index contributed by atoms with van der Waals surface area (Å²) in [6.45, 7) is 1.95. The summed E-state index contributed by atoms with van der Waals surface area (Å²) < 4.78 is 7.09. The molecule has 0 spiro atoms. The normalized spacial score (nSPS) is 10.9. The minimum Gasteiger partial charge on any atom is -0.458 e. The highest BCUT2D eigenvalue weighted by atomic mass is 32.1. The Hall–Kier alpha value is -3.79. The summed E-state index contributed by atoms with van der Waals surface area (Å²) in [6, 6.07) is 10.6. The summed E-state index contributed by atoms with van der Waals surface area (Å²) >= 11 is 1.27. The minimum absolute atomic E-state index is 0.108. The van der Waals surface area contributed by atoms with Crippen LogP contribution in [0.4, 0.5) is 5.13 Å². The molecule has 0 saturated heterocycles. The van der Waals surface area contributed by atoms with Crippen molar-refractivity contribution in [1.29, 1.82) is 0 Å². The lowest BCUT2D eigenvalue weighted by atomic mass is 10.2. The predicted octanol–water partition coefficient (Wildman–Crippen LogP) is 2.78. The van der Waals surface area contributed by atoms with E-state index in [1.54, 1.807) is 35.7 Å². The number of nitrogens with one attached hydrogen (secondary N) is 2. The summed E-state index contributed by atoms with van der Waals surface area (Å²) in [7, 11) is 0. The number of hydrogen-bond donors (Lipinski definition) is 2. The third kappa shape index (κ3) is 4.86. The highest BCUT2D eigenvalue weighted by molar-refractivity contribution is 7.14. The van der Waals surface area contributed by atoms with E-state index in [1.165, 1.54) is 29.2 Å². The summed E-state index contributed by atoms with van der Waals surface area (Å²) in [5, 5.41) is 8.13. The molecule has 0 aliphatic carbocycles. The van der Waals surface area contributed by atoms with Gasteiger partial charge in [0, 0.05) is 25.3 Å². The molecule has 9 nitrogen and oxygen atoms in total. The quantitative estimate of drug-likeness (QED) is 0.459. The Kier molecular flexibility index (Phi) is 5.89. The lowest BCUT2D eigenvalue weighted by Crippen LogP contribution is -2.23. The SMILES string of the molecule is CC(=O)NCc1ccc(-c2csc(NC(=O)CCn3cnc4ccccc4c3=O)n2)o1. The van der Waals surface area contributed by atoms with Crippen LogP contribution in [0.5, 0.6) is 0 Å². The first-order chi connectivity index (χ1) is 15.0. The maximum Gasteiger partial charge on any atom is 0.261 e. The van der Waals surface area contributed by atoms with Gasteiger partial charge in [-0.15, -0.1) is 11.3 Å². The number of hydrogen-bond acceptors (Lipinski definition) is 7. The van der Waals surface area contributed by atoms with Crippen LogP contribution in [0.25, 0.3) is 22.4 Å². The Balaban J connectivity index is 1.36. The number of furan rings is 1. The second kappa shape index (κ2) is 8.92. The molecule has 0 fully saturated rings. The molecule has 0 unspecified atom stereocenters. The number of benzene rings is 1. The van der Waals surface area contributed by atoms with E-state index in [2.05, 4.69) is 20.6 Å². The van der Waals surface area contributed by atoms with Crippen molar-refractivity contribution in [3.05, 3.63) is 64.2 Å². The van der Waals surface area contributed by atoms with Crippen molar-refractivity contribution < 1.29 is 14.0 Å². The average Bonchev–Trinajstić information content (AvgIpc) is 3.41. The zero-order chi connectivity index (χ0) is 21.8. The molecule has 0 bridgehead atoms. The van der Waals surface area contributed by atoms with Crippen molar-refractivity contribution in [3.8, 4) is 11.5 Å². The van der Waals surface area contributed by atoms with Crippen molar-refractivity contribution in [1.82, 2.24) is 19.9 Å². The molecule has 0 aliphatic heterocycles. The van der Waals surface area contributed by atoms with Crippen LogP contribution >= 0.6 is 11.3 Å². The number of para-hydroxylation sites is 1. The van der Waals surface area contributed by atoms with Crippen LogP contribution in [0.2, 0.25) is 0 Å². The number of anilines is 1. The van der Waals surface area contributed by atoms with Gasteiger partial charge in [0.25, 0.3) is 5.56 Å². The second-order valence-corrected chi connectivity index (χ2v) is 7.63. The fourth-order valence-electron chi connectivity index (χ4n) is 2.94. The Morgan fingerprint density at radius 3 is 2.87 bits per heavy atom. The number of amides is 2. The summed E-state index contributed by atoms with van der Waals surface area (Å²) in [5.74, 6) is 0.759. The first-order valence-corrected chi connectivity index (χ1v) is 10.4. The van der Waals surface area contributed by atoms with Crippen LogP contribution in [0, 0.1) is 0 Å². The molecule has 4 aromatic rings. The molecule has 3 aromatic heterocycles. The van der Waals surface area contributed by atoms with Crippen LogP contribution in [0.15, 0.2) is 57.3 Å². The Labute approximate surface area is 180 Å². The van der Waals surface area contributed by atoms with Gasteiger partial charge in [-0.25, -0.2) is 9.97 Å². The molecule has 0 aliphatic rings. The fourth-order valence-corrected chi connectivity index (χ4v) is 3.65. The number of thiazole rings is 1. The van der Waals surface area contributed by atoms with E-state index in [0.29, 0.717) is 39.8 Å². The van der Waals surface area contributed by atoms with Gasteiger partial charge in [-0.2, -0.15) is 0 Å². The van der Waals surface area contributed by atoms with Gasteiger partial charge in [0.1, 0.15) is 11.5 Å². The molecule has 10 heteroatoms. The number of nitrogens with zero attached hydrogens (tertiary/aromatic N) is 3. The number of carbonyl (C=O) groups is 2. The molecule has 158 valence electrons. The largest absolute Gasteiger partial charge is 0.458 e. The van der Waals surface area contributed by atoms with Gasteiger partial charge in [-0.1, -0.05) is 12.1 Å². The van der Waals surface area contributed by atoms with Crippen molar-refractivity contribution in [2.75, 3.05) is 5.32 Å². The van der Waals surface area contributed by atoms with Crippen LogP contribution in [-0.4, -0.2) is 26.3 Å². The van der Waals surface area contributed by atoms with Gasteiger partial charge in [0.2, 0.25) is 11.8 Å². The molecule has 4 rings (SSSR count). The van der Waals surface area contributed by atoms with E-state index in [1.807, 2.05) is 6.07 Å². The molecule has 31 heavy (non-hydrogen) atoms. The number of aryl methyl sites for hydroxylation is 1. The summed E-state index contributed by atoms with van der Waals surface area (Å²) in [5.41, 5.74) is 1.04. The first-order valence-electron chi connectivity index (χ1n) is 9.52. The number of carbonyl (C=O) groups excluding carboxylic acids is 2. The maximum atomic E-state index is 12.5. The van der Waals surface area contributed by atoms with Crippen LogP contribution in [-0.2, 0) is 22.7 Å². The molecule has 3 heterocycles. The van der Waals surface area contributed by atoms with Gasteiger partial charge >= 0.3 is 0 Å². The van der Waals surface area contributed by atoms with Gasteiger partial charge in [0.05, 0.1) is 23.8 Å². The molecular weight excluding hydrogens is 418 g/mol. The zero-order valence-corrected chi connectivity index (χ0v) is 17.4. The van der Waals surface area contributed by atoms with Gasteiger partial charge < -0.3 is 15.1 Å². The van der Waals surface area contributed by atoms with Crippen LogP contribution in [0.1, 0.15) is 19.1 Å². The van der Waals surface area contributed by atoms with Gasteiger partial charge in [-0.05, 0) is 24.3 Å². The van der Waals surface area contributed by atoms with Gasteiger partial charge in [-0.3, -0.25) is 19.0 Å². The number of rotatable bonds is 7. The molecule has 0 atom stereocenters.